The molecule has 0 radical (unpaired) electrons. The first-order valence-corrected chi connectivity index (χ1v) is 9.84. The monoisotopic (exact) mass is 466 g/mol. The van der Waals surface area contributed by atoms with Crippen LogP contribution in [0.5, 0.6) is 0 Å². The molecule has 0 bridgehead atoms. The molecule has 0 spiro atoms. The molecule has 0 atom stereocenters. The molecule has 0 saturated carbocycles. The number of nitrogens with zero attached hydrogens (tertiary/aromatic N) is 4. The van der Waals surface area contributed by atoms with E-state index >= 15 is 0 Å². The van der Waals surface area contributed by atoms with Gasteiger partial charge >= 0.3 is 12.4 Å². The maximum Gasteiger partial charge on any atom is 0.416 e. The maximum atomic E-state index is 13.6. The summed E-state index contributed by atoms with van der Waals surface area (Å²) in [4.78, 5) is 7.27. The predicted molar refractivity (Wildman–Crippen MR) is 107 cm³/mol. The van der Waals surface area contributed by atoms with Gasteiger partial charge in [-0.3, -0.25) is 0 Å². The number of hydrogen-bond donors (Lipinski definition) is 0. The molecule has 4 rings (SSSR count). The van der Waals surface area contributed by atoms with E-state index in [0.717, 1.165) is 29.7 Å². The van der Waals surface area contributed by atoms with Gasteiger partial charge in [0.05, 0.1) is 24.2 Å². The van der Waals surface area contributed by atoms with Crippen LogP contribution in [0.2, 0.25) is 0 Å². The third kappa shape index (κ3) is 3.93. The van der Waals surface area contributed by atoms with Gasteiger partial charge in [-0.05, 0) is 42.7 Å². The first-order valence-electron chi connectivity index (χ1n) is 9.07. The normalized spacial score (nSPS) is 12.3. The molecule has 4 nitrogen and oxygen atoms in total. The lowest BCUT2D eigenvalue weighted by Gasteiger charge is -2.11. The first kappa shape index (κ1) is 21.8. The smallest absolute Gasteiger partial charge is 0.337 e. The van der Waals surface area contributed by atoms with Crippen LogP contribution in [-0.4, -0.2) is 13.9 Å². The first-order chi connectivity index (χ1) is 15.0. The van der Waals surface area contributed by atoms with E-state index < -0.39 is 29.2 Å². The number of hydrogen-bond acceptors (Lipinski definition) is 3. The van der Waals surface area contributed by atoms with Crippen molar-refractivity contribution in [2.24, 2.45) is 0 Å². The second-order valence-electron chi connectivity index (χ2n) is 6.97. The number of rotatable bonds is 3. The number of fused-ring (bicyclic) bond motifs is 1. The molecule has 0 fully saturated rings. The quantitative estimate of drug-likeness (QED) is 0.238. The van der Waals surface area contributed by atoms with Crippen LogP contribution in [0.1, 0.15) is 22.6 Å². The summed E-state index contributed by atoms with van der Waals surface area (Å²) in [7, 11) is 0. The van der Waals surface area contributed by atoms with Crippen molar-refractivity contribution in [3.8, 4) is 10.6 Å². The number of aromatic nitrogens is 3. The Morgan fingerprint density at radius 2 is 1.78 bits per heavy atom. The summed E-state index contributed by atoms with van der Waals surface area (Å²) in [5.41, 5.74) is -1.28. The molecule has 11 heteroatoms. The molecular weight excluding hydrogens is 454 g/mol. The van der Waals surface area contributed by atoms with E-state index in [1.54, 1.807) is 11.5 Å². The van der Waals surface area contributed by atoms with E-state index in [4.69, 9.17) is 6.57 Å². The van der Waals surface area contributed by atoms with Gasteiger partial charge in [0.15, 0.2) is 11.5 Å². The fraction of sp³-hybridized carbons (Fsp3) is 0.190. The molecule has 0 amide bonds. The lowest BCUT2D eigenvalue weighted by molar-refractivity contribution is -0.137. The van der Waals surface area contributed by atoms with Crippen molar-refractivity contribution in [3.05, 3.63) is 76.5 Å². The highest BCUT2D eigenvalue weighted by Crippen LogP contribution is 2.42. The van der Waals surface area contributed by atoms with Crippen LogP contribution < -0.4 is 0 Å². The van der Waals surface area contributed by atoms with Crippen LogP contribution in [0.15, 0.2) is 42.5 Å². The minimum Gasteiger partial charge on any atom is -0.337 e. The van der Waals surface area contributed by atoms with Gasteiger partial charge in [0.1, 0.15) is 5.01 Å². The van der Waals surface area contributed by atoms with Gasteiger partial charge in [-0.25, -0.2) is 9.83 Å². The lowest BCUT2D eigenvalue weighted by Crippen LogP contribution is -2.07. The van der Waals surface area contributed by atoms with Crippen LogP contribution in [0.25, 0.3) is 26.3 Å². The molecule has 2 heterocycles. The van der Waals surface area contributed by atoms with Gasteiger partial charge < -0.3 is 4.57 Å². The minimum absolute atomic E-state index is 0.0272. The van der Waals surface area contributed by atoms with Gasteiger partial charge in [0.25, 0.3) is 0 Å². The number of aryl methyl sites for hydroxylation is 1. The third-order valence-electron chi connectivity index (χ3n) is 4.88. The summed E-state index contributed by atoms with van der Waals surface area (Å²) in [6.07, 6.45) is -9.20. The Labute approximate surface area is 181 Å². The largest absolute Gasteiger partial charge is 0.416 e. The van der Waals surface area contributed by atoms with Crippen LogP contribution in [0, 0.1) is 13.5 Å². The Morgan fingerprint density at radius 1 is 1.03 bits per heavy atom. The van der Waals surface area contributed by atoms with Gasteiger partial charge in [0, 0.05) is 22.2 Å². The molecule has 0 aliphatic carbocycles. The average Bonchev–Trinajstić information content (AvgIpc) is 3.31. The van der Waals surface area contributed by atoms with Gasteiger partial charge in [-0.15, -0.1) is 0 Å². The Kier molecular flexibility index (Phi) is 5.21. The zero-order chi connectivity index (χ0) is 23.3. The lowest BCUT2D eigenvalue weighted by atomic mass is 10.1. The predicted octanol–water partition coefficient (Wildman–Crippen LogP) is 7.10. The molecule has 4 aromatic rings. The molecular formula is C21H12F6N4S. The van der Waals surface area contributed by atoms with Gasteiger partial charge in [-0.2, -0.15) is 30.7 Å². The summed E-state index contributed by atoms with van der Waals surface area (Å²) in [5, 5.41) is 0.170. The fourth-order valence-corrected chi connectivity index (χ4v) is 4.13. The van der Waals surface area contributed by atoms with Gasteiger partial charge in [-0.1, -0.05) is 18.2 Å². The molecule has 0 aliphatic rings. The van der Waals surface area contributed by atoms with Gasteiger partial charge in [0.2, 0.25) is 0 Å². The Hall–Kier alpha value is -3.39. The minimum atomic E-state index is -4.70. The SMILES string of the molecule is [C-]#[N+]c1ccc2c(cc(C)n2Cc2nsc(-c3cccc(C(F)(F)F)c3)n2)c1C(F)(F)F. The standard InChI is InChI=1S/C21H12F6N4S/c1-11-8-14-16(7-6-15(28-2)18(14)21(25,26)27)31(11)10-17-29-19(32-30-17)12-4-3-5-13(9-12)20(22,23)24/h3-9H,10H2,1H3. The highest BCUT2D eigenvalue weighted by Gasteiger charge is 2.36. The van der Waals surface area contributed by atoms with E-state index in [-0.39, 0.29) is 33.8 Å². The van der Waals surface area contributed by atoms with Crippen molar-refractivity contribution in [2.45, 2.75) is 25.8 Å². The summed E-state index contributed by atoms with van der Waals surface area (Å²) in [6, 6.07) is 8.60. The fourth-order valence-electron chi connectivity index (χ4n) is 3.46. The van der Waals surface area contributed by atoms with Crippen molar-refractivity contribution >= 4 is 28.1 Å². The van der Waals surface area contributed by atoms with Crippen molar-refractivity contribution < 1.29 is 26.3 Å². The van der Waals surface area contributed by atoms with E-state index in [0.29, 0.717) is 5.69 Å². The molecule has 2 aromatic heterocycles. The average molecular weight is 466 g/mol. The summed E-state index contributed by atoms with van der Waals surface area (Å²) in [5.74, 6) is 0.255. The van der Waals surface area contributed by atoms with Crippen molar-refractivity contribution in [3.63, 3.8) is 0 Å². The molecule has 164 valence electrons. The molecule has 0 unspecified atom stereocenters. The Bertz CT molecular complexity index is 1360. The zero-order valence-corrected chi connectivity index (χ0v) is 17.0. The zero-order valence-electron chi connectivity index (χ0n) is 16.2. The molecule has 0 saturated heterocycles. The van der Waals surface area contributed by atoms with E-state index in [9.17, 15) is 26.3 Å². The van der Waals surface area contributed by atoms with E-state index in [1.807, 2.05) is 0 Å². The second-order valence-corrected chi connectivity index (χ2v) is 7.72. The second kappa shape index (κ2) is 7.63. The Balaban J connectivity index is 1.73. The number of benzene rings is 2. The molecule has 0 aliphatic heterocycles. The molecule has 32 heavy (non-hydrogen) atoms. The third-order valence-corrected chi connectivity index (χ3v) is 5.68. The van der Waals surface area contributed by atoms with E-state index in [2.05, 4.69) is 14.2 Å². The molecule has 2 aromatic carbocycles. The highest BCUT2D eigenvalue weighted by molar-refractivity contribution is 7.09. The number of halogens is 6. The summed E-state index contributed by atoms with van der Waals surface area (Å²) >= 11 is 0.907. The van der Waals surface area contributed by atoms with Crippen molar-refractivity contribution in [2.75, 3.05) is 0 Å². The van der Waals surface area contributed by atoms with Crippen LogP contribution >= 0.6 is 11.5 Å². The highest BCUT2D eigenvalue weighted by atomic mass is 32.1. The van der Waals surface area contributed by atoms with Crippen LogP contribution in [0.4, 0.5) is 32.0 Å². The maximum absolute atomic E-state index is 13.6. The van der Waals surface area contributed by atoms with Crippen molar-refractivity contribution in [1.29, 1.82) is 0 Å². The molecule has 0 N–H and O–H groups in total. The van der Waals surface area contributed by atoms with Crippen molar-refractivity contribution in [1.82, 2.24) is 13.9 Å². The number of alkyl halides is 6. The van der Waals surface area contributed by atoms with Crippen LogP contribution in [0.3, 0.4) is 0 Å². The van der Waals surface area contributed by atoms with E-state index in [1.165, 1.54) is 24.3 Å². The summed E-state index contributed by atoms with van der Waals surface area (Å²) < 4.78 is 85.4. The summed E-state index contributed by atoms with van der Waals surface area (Å²) in [6.45, 7) is 8.70. The van der Waals surface area contributed by atoms with Crippen LogP contribution in [-0.2, 0) is 18.9 Å². The Morgan fingerprint density at radius 3 is 2.44 bits per heavy atom. The topological polar surface area (TPSA) is 35.1 Å².